The van der Waals surface area contributed by atoms with Crippen molar-refractivity contribution < 1.29 is 9.13 Å². The van der Waals surface area contributed by atoms with Gasteiger partial charge in [-0.1, -0.05) is 31.9 Å². The quantitative estimate of drug-likeness (QED) is 0.798. The Bertz CT molecular complexity index is 663. The van der Waals surface area contributed by atoms with E-state index in [-0.39, 0.29) is 11.9 Å². The highest BCUT2D eigenvalue weighted by molar-refractivity contribution is 9.10. The summed E-state index contributed by atoms with van der Waals surface area (Å²) in [5.74, 6) is 0.737. The predicted octanol–water partition coefficient (Wildman–Crippen LogP) is 4.44. The van der Waals surface area contributed by atoms with E-state index in [0.29, 0.717) is 6.54 Å². The van der Waals surface area contributed by atoms with Gasteiger partial charge in [0.05, 0.1) is 0 Å². The van der Waals surface area contributed by atoms with Gasteiger partial charge >= 0.3 is 0 Å². The lowest BCUT2D eigenvalue weighted by molar-refractivity contribution is 0.227. The van der Waals surface area contributed by atoms with Crippen molar-refractivity contribution in [2.75, 3.05) is 6.54 Å². The lowest BCUT2D eigenvalue weighted by atomic mass is 10.1. The standard InChI is InChI=1S/C16H14Br2FNO/c17-12-1-4-16-10(5-12)7-14(21-16)9-20-8-11-6-13(19)2-3-15(11)18/h1-6,14,20H,7-9H2. The SMILES string of the molecule is Fc1ccc(Br)c(CNCC2Cc3cc(Br)ccc3O2)c1. The first-order valence-electron chi connectivity index (χ1n) is 6.71. The maximum atomic E-state index is 13.2. The van der Waals surface area contributed by atoms with Gasteiger partial charge in [-0.3, -0.25) is 0 Å². The third-order valence-electron chi connectivity index (χ3n) is 3.46. The van der Waals surface area contributed by atoms with Gasteiger partial charge in [-0.2, -0.15) is 0 Å². The average Bonchev–Trinajstić information content (AvgIpc) is 2.84. The molecule has 1 aliphatic rings. The molecule has 0 saturated heterocycles. The van der Waals surface area contributed by atoms with E-state index in [0.717, 1.165) is 33.2 Å². The summed E-state index contributed by atoms with van der Waals surface area (Å²) in [6.45, 7) is 1.34. The average molecular weight is 415 g/mol. The van der Waals surface area contributed by atoms with Crippen molar-refractivity contribution in [2.24, 2.45) is 0 Å². The molecule has 5 heteroatoms. The van der Waals surface area contributed by atoms with Gasteiger partial charge in [0.1, 0.15) is 17.7 Å². The third-order valence-corrected chi connectivity index (χ3v) is 4.73. The van der Waals surface area contributed by atoms with Gasteiger partial charge in [-0.25, -0.2) is 4.39 Å². The number of benzene rings is 2. The summed E-state index contributed by atoms with van der Waals surface area (Å²) in [6, 6.07) is 10.8. The van der Waals surface area contributed by atoms with Crippen LogP contribution in [0.4, 0.5) is 4.39 Å². The minimum atomic E-state index is -0.218. The van der Waals surface area contributed by atoms with Gasteiger partial charge < -0.3 is 10.1 Å². The van der Waals surface area contributed by atoms with Gasteiger partial charge in [-0.15, -0.1) is 0 Å². The van der Waals surface area contributed by atoms with Crippen LogP contribution in [0.2, 0.25) is 0 Å². The van der Waals surface area contributed by atoms with E-state index >= 15 is 0 Å². The molecule has 0 fully saturated rings. The third kappa shape index (κ3) is 3.65. The zero-order valence-electron chi connectivity index (χ0n) is 11.2. The lowest BCUT2D eigenvalue weighted by Crippen LogP contribution is -2.29. The monoisotopic (exact) mass is 413 g/mol. The molecule has 110 valence electrons. The Labute approximate surface area is 140 Å². The summed E-state index contributed by atoms with van der Waals surface area (Å²) < 4.78 is 21.1. The van der Waals surface area contributed by atoms with Gasteiger partial charge in [0, 0.05) is 28.5 Å². The van der Waals surface area contributed by atoms with E-state index in [9.17, 15) is 4.39 Å². The summed E-state index contributed by atoms with van der Waals surface area (Å²) in [5, 5.41) is 3.33. The number of rotatable bonds is 4. The van der Waals surface area contributed by atoms with Crippen molar-refractivity contribution >= 4 is 31.9 Å². The fourth-order valence-corrected chi connectivity index (χ4v) is 3.24. The van der Waals surface area contributed by atoms with Gasteiger partial charge in [0.2, 0.25) is 0 Å². The predicted molar refractivity (Wildman–Crippen MR) is 88.1 cm³/mol. The second-order valence-corrected chi connectivity index (χ2v) is 6.83. The molecule has 1 N–H and O–H groups in total. The first kappa shape index (κ1) is 15.0. The minimum Gasteiger partial charge on any atom is -0.488 e. The first-order valence-corrected chi connectivity index (χ1v) is 8.30. The molecule has 2 aromatic carbocycles. The molecule has 0 radical (unpaired) electrons. The van der Waals surface area contributed by atoms with Crippen molar-refractivity contribution in [3.8, 4) is 5.75 Å². The molecule has 21 heavy (non-hydrogen) atoms. The molecule has 0 bridgehead atoms. The van der Waals surface area contributed by atoms with Gasteiger partial charge in [0.15, 0.2) is 0 Å². The van der Waals surface area contributed by atoms with Crippen molar-refractivity contribution in [1.29, 1.82) is 0 Å². The molecule has 1 unspecified atom stereocenters. The fourth-order valence-electron chi connectivity index (χ4n) is 2.45. The summed E-state index contributed by atoms with van der Waals surface area (Å²) in [6.07, 6.45) is 1.02. The highest BCUT2D eigenvalue weighted by Gasteiger charge is 2.22. The Morgan fingerprint density at radius 1 is 1.19 bits per heavy atom. The topological polar surface area (TPSA) is 21.3 Å². The molecular formula is C16H14Br2FNO. The molecular weight excluding hydrogens is 401 g/mol. The van der Waals surface area contributed by atoms with E-state index < -0.39 is 0 Å². The Morgan fingerprint density at radius 3 is 2.90 bits per heavy atom. The maximum absolute atomic E-state index is 13.2. The normalized spacial score (nSPS) is 16.6. The van der Waals surface area contributed by atoms with Crippen LogP contribution >= 0.6 is 31.9 Å². The highest BCUT2D eigenvalue weighted by atomic mass is 79.9. The highest BCUT2D eigenvalue weighted by Crippen LogP contribution is 2.31. The van der Waals surface area contributed by atoms with Crippen LogP contribution in [0.3, 0.4) is 0 Å². The molecule has 0 saturated carbocycles. The summed E-state index contributed by atoms with van der Waals surface area (Å²) in [4.78, 5) is 0. The van der Waals surface area contributed by atoms with Crippen molar-refractivity contribution in [3.63, 3.8) is 0 Å². The van der Waals surface area contributed by atoms with Crippen LogP contribution < -0.4 is 10.1 Å². The molecule has 1 aliphatic heterocycles. The summed E-state index contributed by atoms with van der Waals surface area (Å²) in [5.41, 5.74) is 2.14. The van der Waals surface area contributed by atoms with E-state index in [4.69, 9.17) is 4.74 Å². The fraction of sp³-hybridized carbons (Fsp3) is 0.250. The zero-order chi connectivity index (χ0) is 14.8. The van der Waals surface area contributed by atoms with Crippen LogP contribution in [-0.4, -0.2) is 12.6 Å². The minimum absolute atomic E-state index is 0.127. The van der Waals surface area contributed by atoms with Crippen molar-refractivity contribution in [3.05, 3.63) is 62.3 Å². The van der Waals surface area contributed by atoms with Crippen LogP contribution in [-0.2, 0) is 13.0 Å². The maximum Gasteiger partial charge on any atom is 0.123 e. The lowest BCUT2D eigenvalue weighted by Gasteiger charge is -2.12. The first-order chi connectivity index (χ1) is 10.1. The van der Waals surface area contributed by atoms with Crippen LogP contribution in [0.25, 0.3) is 0 Å². The molecule has 0 amide bonds. The molecule has 2 nitrogen and oxygen atoms in total. The molecule has 0 aliphatic carbocycles. The Morgan fingerprint density at radius 2 is 2.05 bits per heavy atom. The van der Waals surface area contributed by atoms with E-state index in [1.54, 1.807) is 12.1 Å². The molecule has 0 aromatic heterocycles. The molecule has 3 rings (SSSR count). The molecule has 0 spiro atoms. The van der Waals surface area contributed by atoms with Crippen molar-refractivity contribution in [1.82, 2.24) is 5.32 Å². The number of fused-ring (bicyclic) bond motifs is 1. The van der Waals surface area contributed by atoms with Gasteiger partial charge in [0.25, 0.3) is 0 Å². The van der Waals surface area contributed by atoms with Crippen LogP contribution in [0, 0.1) is 5.82 Å². The van der Waals surface area contributed by atoms with Crippen LogP contribution in [0.5, 0.6) is 5.75 Å². The van der Waals surface area contributed by atoms with Crippen LogP contribution in [0.15, 0.2) is 45.3 Å². The van der Waals surface area contributed by atoms with E-state index in [1.807, 2.05) is 12.1 Å². The Kier molecular flexibility index (Phi) is 4.62. The number of nitrogens with one attached hydrogen (secondary N) is 1. The van der Waals surface area contributed by atoms with E-state index in [2.05, 4.69) is 43.2 Å². The molecule has 1 atom stereocenters. The second kappa shape index (κ2) is 6.46. The van der Waals surface area contributed by atoms with Crippen LogP contribution in [0.1, 0.15) is 11.1 Å². The number of ether oxygens (including phenoxy) is 1. The number of hydrogen-bond donors (Lipinski definition) is 1. The smallest absolute Gasteiger partial charge is 0.123 e. The summed E-state index contributed by atoms with van der Waals surface area (Å²) in [7, 11) is 0. The Balaban J connectivity index is 1.54. The summed E-state index contributed by atoms with van der Waals surface area (Å²) >= 11 is 6.90. The number of halogens is 3. The van der Waals surface area contributed by atoms with Gasteiger partial charge in [-0.05, 0) is 47.5 Å². The van der Waals surface area contributed by atoms with Crippen molar-refractivity contribution in [2.45, 2.75) is 19.1 Å². The largest absolute Gasteiger partial charge is 0.488 e. The van der Waals surface area contributed by atoms with E-state index in [1.165, 1.54) is 11.6 Å². The second-order valence-electron chi connectivity index (χ2n) is 5.06. The molecule has 1 heterocycles. The molecule has 2 aromatic rings. The number of hydrogen-bond acceptors (Lipinski definition) is 2. The zero-order valence-corrected chi connectivity index (χ0v) is 14.4. The Hall–Kier alpha value is -0.910.